The van der Waals surface area contributed by atoms with Crippen LogP contribution in [0, 0.1) is 5.92 Å². The van der Waals surface area contributed by atoms with Crippen molar-refractivity contribution < 1.29 is 29.3 Å². The van der Waals surface area contributed by atoms with E-state index in [1.807, 2.05) is 13.8 Å². The van der Waals surface area contributed by atoms with E-state index >= 15 is 0 Å². The average molecular weight is 390 g/mol. The van der Waals surface area contributed by atoms with Crippen molar-refractivity contribution >= 4 is 17.8 Å². The second kappa shape index (κ2) is 8.47. The number of nitrogen functional groups attached to an aromatic ring is 1. The number of aromatic nitrogens is 1. The highest BCUT2D eigenvalue weighted by atomic mass is 16.5. The summed E-state index contributed by atoms with van der Waals surface area (Å²) in [5.74, 6) is -2.77. The molecule has 1 aromatic carbocycles. The number of nitrogens with two attached hydrogens (primary N) is 1. The standard InChI is InChI=1S/C19H22N2O7/c1-9(2)7-8-28-15-10(5-4-6-11(15)27-3)12-13(18(23)24)16(20)21-17(22)14(12)19(25)26/h4-6,9H,7-8H2,1-3H3,(H,23,24)(H,25,26)(H3,20,21,22). The molecule has 0 aliphatic heterocycles. The molecule has 28 heavy (non-hydrogen) atoms. The van der Waals surface area contributed by atoms with Crippen molar-refractivity contribution in [2.75, 3.05) is 19.5 Å². The molecule has 0 bridgehead atoms. The molecule has 9 nitrogen and oxygen atoms in total. The molecule has 0 unspecified atom stereocenters. The number of aromatic amines is 1. The molecule has 0 fully saturated rings. The van der Waals surface area contributed by atoms with Gasteiger partial charge in [0.2, 0.25) is 0 Å². The zero-order valence-electron chi connectivity index (χ0n) is 15.7. The number of carbonyl (C=O) groups is 2. The summed E-state index contributed by atoms with van der Waals surface area (Å²) in [4.78, 5) is 37.9. The van der Waals surface area contributed by atoms with Crippen LogP contribution in [-0.4, -0.2) is 40.9 Å². The zero-order valence-corrected chi connectivity index (χ0v) is 15.7. The smallest absolute Gasteiger partial charge is 0.342 e. The van der Waals surface area contributed by atoms with Gasteiger partial charge in [-0.25, -0.2) is 9.59 Å². The third kappa shape index (κ3) is 4.08. The third-order valence-corrected chi connectivity index (χ3v) is 4.08. The Morgan fingerprint density at radius 2 is 1.82 bits per heavy atom. The van der Waals surface area contributed by atoms with Crippen LogP contribution < -0.4 is 20.8 Å². The first-order chi connectivity index (χ1) is 13.2. The summed E-state index contributed by atoms with van der Waals surface area (Å²) in [6, 6.07) is 4.59. The Morgan fingerprint density at radius 3 is 2.36 bits per heavy atom. The van der Waals surface area contributed by atoms with E-state index in [1.54, 1.807) is 6.07 Å². The highest BCUT2D eigenvalue weighted by Gasteiger charge is 2.29. The van der Waals surface area contributed by atoms with Gasteiger partial charge < -0.3 is 30.4 Å². The Labute approximate surface area is 160 Å². The fourth-order valence-electron chi connectivity index (χ4n) is 2.74. The second-order valence-electron chi connectivity index (χ2n) is 6.47. The normalized spacial score (nSPS) is 10.7. The Hall–Kier alpha value is -3.49. The van der Waals surface area contributed by atoms with E-state index in [-0.39, 0.29) is 29.2 Å². The van der Waals surface area contributed by atoms with Gasteiger partial charge in [0.05, 0.1) is 13.7 Å². The van der Waals surface area contributed by atoms with Gasteiger partial charge in [0.15, 0.2) is 11.5 Å². The fraction of sp³-hybridized carbons (Fsp3) is 0.316. The lowest BCUT2D eigenvalue weighted by molar-refractivity contribution is 0.0695. The van der Waals surface area contributed by atoms with Crippen LogP contribution in [0.5, 0.6) is 11.5 Å². The van der Waals surface area contributed by atoms with Crippen molar-refractivity contribution in [2.45, 2.75) is 20.3 Å². The maximum Gasteiger partial charge on any atom is 0.342 e. The van der Waals surface area contributed by atoms with Crippen molar-refractivity contribution in [3.8, 4) is 22.6 Å². The number of aromatic carboxylic acids is 2. The number of carboxylic acids is 2. The van der Waals surface area contributed by atoms with E-state index in [0.717, 1.165) is 0 Å². The Balaban J connectivity index is 2.85. The summed E-state index contributed by atoms with van der Waals surface area (Å²) < 4.78 is 11.1. The lowest BCUT2D eigenvalue weighted by atomic mass is 9.94. The highest BCUT2D eigenvalue weighted by Crippen LogP contribution is 2.41. The van der Waals surface area contributed by atoms with Crippen LogP contribution in [0.25, 0.3) is 11.1 Å². The van der Waals surface area contributed by atoms with E-state index in [1.165, 1.54) is 19.2 Å². The molecule has 1 heterocycles. The van der Waals surface area contributed by atoms with E-state index in [9.17, 15) is 24.6 Å². The monoisotopic (exact) mass is 390 g/mol. The maximum absolute atomic E-state index is 12.2. The van der Waals surface area contributed by atoms with Crippen molar-refractivity contribution in [2.24, 2.45) is 5.92 Å². The van der Waals surface area contributed by atoms with Crippen LogP contribution in [0.4, 0.5) is 5.82 Å². The van der Waals surface area contributed by atoms with Gasteiger partial charge >= 0.3 is 11.9 Å². The van der Waals surface area contributed by atoms with Gasteiger partial charge in [-0.2, -0.15) is 0 Å². The second-order valence-corrected chi connectivity index (χ2v) is 6.47. The largest absolute Gasteiger partial charge is 0.493 e. The Kier molecular flexibility index (Phi) is 6.29. The van der Waals surface area contributed by atoms with Crippen molar-refractivity contribution in [3.63, 3.8) is 0 Å². The molecule has 0 aliphatic carbocycles. The highest BCUT2D eigenvalue weighted by molar-refractivity contribution is 6.08. The maximum atomic E-state index is 12.2. The molecule has 1 aromatic heterocycles. The first-order valence-corrected chi connectivity index (χ1v) is 8.51. The van der Waals surface area contributed by atoms with E-state index in [4.69, 9.17) is 15.2 Å². The number of hydrogen-bond donors (Lipinski definition) is 4. The minimum Gasteiger partial charge on any atom is -0.493 e. The number of benzene rings is 1. The molecule has 0 saturated heterocycles. The number of ether oxygens (including phenoxy) is 2. The quantitative estimate of drug-likeness (QED) is 0.536. The van der Waals surface area contributed by atoms with E-state index in [0.29, 0.717) is 12.3 Å². The first kappa shape index (κ1) is 20.8. The van der Waals surface area contributed by atoms with Crippen LogP contribution in [0.2, 0.25) is 0 Å². The average Bonchev–Trinajstić information content (AvgIpc) is 2.59. The van der Waals surface area contributed by atoms with Crippen LogP contribution in [-0.2, 0) is 0 Å². The molecule has 0 spiro atoms. The molecule has 0 amide bonds. The number of hydrogen-bond acceptors (Lipinski definition) is 6. The zero-order chi connectivity index (χ0) is 21.0. The molecule has 2 rings (SSSR count). The topological polar surface area (TPSA) is 152 Å². The molecule has 150 valence electrons. The summed E-state index contributed by atoms with van der Waals surface area (Å²) in [6.45, 7) is 4.30. The van der Waals surface area contributed by atoms with Crippen LogP contribution >= 0.6 is 0 Å². The number of carboxylic acid groups (broad SMARTS) is 2. The van der Waals surface area contributed by atoms with Crippen molar-refractivity contribution in [1.29, 1.82) is 0 Å². The number of H-pyrrole nitrogens is 1. The fourth-order valence-corrected chi connectivity index (χ4v) is 2.74. The number of anilines is 1. The number of pyridine rings is 1. The summed E-state index contributed by atoms with van der Waals surface area (Å²) in [6.07, 6.45) is 0.701. The molecule has 5 N–H and O–H groups in total. The Bertz CT molecular complexity index is 963. The van der Waals surface area contributed by atoms with Gasteiger partial charge in [-0.05, 0) is 18.4 Å². The van der Waals surface area contributed by atoms with Crippen molar-refractivity contribution in [1.82, 2.24) is 4.98 Å². The number of methoxy groups -OCH3 is 1. The summed E-state index contributed by atoms with van der Waals surface area (Å²) >= 11 is 0. The van der Waals surface area contributed by atoms with Gasteiger partial charge in [-0.15, -0.1) is 0 Å². The minimum absolute atomic E-state index is 0.0932. The van der Waals surface area contributed by atoms with E-state index < -0.39 is 34.4 Å². The molecule has 0 saturated carbocycles. The molecule has 9 heteroatoms. The predicted molar refractivity (Wildman–Crippen MR) is 102 cm³/mol. The van der Waals surface area contributed by atoms with Crippen LogP contribution in [0.1, 0.15) is 41.0 Å². The molecule has 2 aromatic rings. The lowest BCUT2D eigenvalue weighted by Gasteiger charge is -2.18. The van der Waals surface area contributed by atoms with Gasteiger partial charge in [-0.1, -0.05) is 26.0 Å². The molecule has 0 atom stereocenters. The third-order valence-electron chi connectivity index (χ3n) is 4.08. The summed E-state index contributed by atoms with van der Waals surface area (Å²) in [5, 5.41) is 19.1. The molecular weight excluding hydrogens is 368 g/mol. The van der Waals surface area contributed by atoms with Gasteiger partial charge in [-0.3, -0.25) is 4.79 Å². The predicted octanol–water partition coefficient (Wildman–Crippen LogP) is 2.45. The first-order valence-electron chi connectivity index (χ1n) is 8.51. The Morgan fingerprint density at radius 1 is 1.18 bits per heavy atom. The van der Waals surface area contributed by atoms with Gasteiger partial charge in [0, 0.05) is 11.1 Å². The molecule has 0 radical (unpaired) electrons. The molecule has 0 aliphatic rings. The van der Waals surface area contributed by atoms with E-state index in [2.05, 4.69) is 4.98 Å². The lowest BCUT2D eigenvalue weighted by Crippen LogP contribution is -2.24. The summed E-state index contributed by atoms with van der Waals surface area (Å²) in [7, 11) is 1.40. The van der Waals surface area contributed by atoms with Crippen molar-refractivity contribution in [3.05, 3.63) is 39.7 Å². The van der Waals surface area contributed by atoms with Crippen LogP contribution in [0.3, 0.4) is 0 Å². The minimum atomic E-state index is -1.59. The number of nitrogens with one attached hydrogen (secondary N) is 1. The SMILES string of the molecule is COc1cccc(-c2c(C(=O)O)c(N)[nH]c(=O)c2C(=O)O)c1OCCC(C)C. The van der Waals surface area contributed by atoms with Gasteiger partial charge in [0.25, 0.3) is 5.56 Å². The van der Waals surface area contributed by atoms with Crippen LogP contribution in [0.15, 0.2) is 23.0 Å². The number of para-hydroxylation sites is 1. The summed E-state index contributed by atoms with van der Waals surface area (Å²) in [5.41, 5.74) is 3.16. The number of rotatable bonds is 8. The van der Waals surface area contributed by atoms with Gasteiger partial charge in [0.1, 0.15) is 16.9 Å². The molecular formula is C19H22N2O7.